The number of rotatable bonds is 6. The molecule has 0 bridgehead atoms. The Kier molecular flexibility index (Phi) is 5.35. The summed E-state index contributed by atoms with van der Waals surface area (Å²) in [7, 11) is -3.34. The van der Waals surface area contributed by atoms with Gasteiger partial charge in [0.25, 0.3) is 0 Å². The van der Waals surface area contributed by atoms with Crippen LogP contribution < -0.4 is 10.5 Å². The molecule has 3 unspecified atom stereocenters. The van der Waals surface area contributed by atoms with Gasteiger partial charge in [-0.2, -0.15) is 0 Å². The number of hydrogen-bond donors (Lipinski definition) is 2. The van der Waals surface area contributed by atoms with Gasteiger partial charge in [0.05, 0.1) is 10.7 Å². The smallest absolute Gasteiger partial charge is 0.212 e. The van der Waals surface area contributed by atoms with E-state index in [1.807, 2.05) is 37.3 Å². The first kappa shape index (κ1) is 16.4. The van der Waals surface area contributed by atoms with E-state index in [-0.39, 0.29) is 23.6 Å². The fraction of sp³-hybridized carbons (Fsp3) is 0.533. The van der Waals surface area contributed by atoms with Gasteiger partial charge in [-0.15, -0.1) is 0 Å². The highest BCUT2D eigenvalue weighted by atomic mass is 32.2. The van der Waals surface area contributed by atoms with Crippen LogP contribution in [0.5, 0.6) is 0 Å². The lowest BCUT2D eigenvalue weighted by Gasteiger charge is -2.21. The zero-order valence-electron chi connectivity index (χ0n) is 12.2. The summed E-state index contributed by atoms with van der Waals surface area (Å²) in [6.07, 6.45) is 2.64. The first-order chi connectivity index (χ1) is 9.89. The van der Waals surface area contributed by atoms with Crippen molar-refractivity contribution < 1.29 is 8.42 Å². The standard InChI is InChI=1S/C15H22N2O2S2/c1-11(12-6-3-2-4-7-12)10-21(18,19)17-14-9-5-8-13(14)15(16)20/h2-4,6-7,11,13-14,17H,5,8-10H2,1H3,(H2,16,20). The van der Waals surface area contributed by atoms with Gasteiger partial charge >= 0.3 is 0 Å². The van der Waals surface area contributed by atoms with Gasteiger partial charge in [0.2, 0.25) is 10.0 Å². The summed E-state index contributed by atoms with van der Waals surface area (Å²) in [5, 5.41) is 0. The van der Waals surface area contributed by atoms with Crippen LogP contribution in [0.1, 0.15) is 37.7 Å². The van der Waals surface area contributed by atoms with Gasteiger partial charge in [-0.25, -0.2) is 13.1 Å². The van der Waals surface area contributed by atoms with Crippen molar-refractivity contribution in [1.29, 1.82) is 0 Å². The van der Waals surface area contributed by atoms with Gasteiger partial charge in [0, 0.05) is 12.0 Å². The van der Waals surface area contributed by atoms with Crippen molar-refractivity contribution in [3.63, 3.8) is 0 Å². The van der Waals surface area contributed by atoms with Crippen LogP contribution in [-0.2, 0) is 10.0 Å². The number of nitrogens with one attached hydrogen (secondary N) is 1. The molecule has 1 aromatic rings. The fourth-order valence-electron chi connectivity index (χ4n) is 2.93. The molecule has 1 fully saturated rings. The maximum Gasteiger partial charge on any atom is 0.212 e. The summed E-state index contributed by atoms with van der Waals surface area (Å²) in [6, 6.07) is 9.53. The van der Waals surface area contributed by atoms with Gasteiger partial charge in [0.1, 0.15) is 0 Å². The maximum atomic E-state index is 12.3. The van der Waals surface area contributed by atoms with E-state index in [4.69, 9.17) is 18.0 Å². The molecule has 0 saturated heterocycles. The number of hydrogen-bond acceptors (Lipinski definition) is 3. The van der Waals surface area contributed by atoms with Crippen LogP contribution >= 0.6 is 12.2 Å². The van der Waals surface area contributed by atoms with Crippen LogP contribution in [0.4, 0.5) is 0 Å². The molecule has 6 heteroatoms. The second-order valence-corrected chi connectivity index (χ2v) is 8.03. The monoisotopic (exact) mass is 326 g/mol. The van der Waals surface area contributed by atoms with Crippen molar-refractivity contribution in [2.45, 2.75) is 38.1 Å². The van der Waals surface area contributed by atoms with Crippen molar-refractivity contribution in [2.24, 2.45) is 11.7 Å². The third-order valence-corrected chi connectivity index (χ3v) is 5.95. The molecule has 1 aromatic carbocycles. The molecular formula is C15H22N2O2S2. The van der Waals surface area contributed by atoms with Crippen molar-refractivity contribution in [1.82, 2.24) is 4.72 Å². The minimum absolute atomic E-state index is 0.0122. The first-order valence-electron chi connectivity index (χ1n) is 7.23. The molecule has 0 aliphatic heterocycles. The Labute approximate surface area is 132 Å². The second kappa shape index (κ2) is 6.85. The van der Waals surface area contributed by atoms with Gasteiger partial charge < -0.3 is 5.73 Å². The highest BCUT2D eigenvalue weighted by Crippen LogP contribution is 2.27. The van der Waals surface area contributed by atoms with Crippen molar-refractivity contribution in [3.05, 3.63) is 35.9 Å². The molecule has 0 heterocycles. The summed E-state index contributed by atoms with van der Waals surface area (Å²) in [5.74, 6) is 0.0209. The Balaban J connectivity index is 2.00. The average molecular weight is 326 g/mol. The molecule has 116 valence electrons. The predicted octanol–water partition coefficient (Wildman–Crippen LogP) is 2.16. The molecule has 3 N–H and O–H groups in total. The fourth-order valence-corrected chi connectivity index (χ4v) is 4.90. The summed E-state index contributed by atoms with van der Waals surface area (Å²) in [4.78, 5) is 0.413. The van der Waals surface area contributed by atoms with E-state index < -0.39 is 10.0 Å². The topological polar surface area (TPSA) is 72.2 Å². The van der Waals surface area contributed by atoms with E-state index in [1.54, 1.807) is 0 Å². The third-order valence-electron chi connectivity index (χ3n) is 4.05. The van der Waals surface area contributed by atoms with Crippen LogP contribution in [0.25, 0.3) is 0 Å². The summed E-state index contributed by atoms with van der Waals surface area (Å²) in [5.41, 5.74) is 6.72. The Hall–Kier alpha value is -0.980. The van der Waals surface area contributed by atoms with Crippen molar-refractivity contribution >= 4 is 27.2 Å². The average Bonchev–Trinajstić information content (AvgIpc) is 2.86. The molecule has 1 aliphatic rings. The van der Waals surface area contributed by atoms with Crippen molar-refractivity contribution in [2.75, 3.05) is 5.75 Å². The number of sulfonamides is 1. The molecule has 4 nitrogen and oxygen atoms in total. The largest absolute Gasteiger partial charge is 0.393 e. The molecule has 2 rings (SSSR count). The summed E-state index contributed by atoms with van der Waals surface area (Å²) >= 11 is 5.03. The molecule has 1 aliphatic carbocycles. The number of thiocarbonyl (C=S) groups is 1. The molecule has 21 heavy (non-hydrogen) atoms. The highest BCUT2D eigenvalue weighted by molar-refractivity contribution is 7.89. The predicted molar refractivity (Wildman–Crippen MR) is 89.7 cm³/mol. The first-order valence-corrected chi connectivity index (χ1v) is 9.29. The Morgan fingerprint density at radius 3 is 2.67 bits per heavy atom. The minimum Gasteiger partial charge on any atom is -0.393 e. The Bertz CT molecular complexity index is 587. The molecule has 1 saturated carbocycles. The van der Waals surface area contributed by atoms with E-state index in [9.17, 15) is 8.42 Å². The molecule has 0 amide bonds. The Morgan fingerprint density at radius 2 is 2.05 bits per heavy atom. The molecular weight excluding hydrogens is 304 g/mol. The minimum atomic E-state index is -3.34. The van der Waals surface area contributed by atoms with Crippen molar-refractivity contribution in [3.8, 4) is 0 Å². The zero-order chi connectivity index (χ0) is 15.5. The molecule has 0 spiro atoms. The van der Waals surface area contributed by atoms with Gasteiger partial charge in [-0.05, 0) is 24.3 Å². The number of benzene rings is 1. The lowest BCUT2D eigenvalue weighted by Crippen LogP contribution is -2.43. The summed E-state index contributed by atoms with van der Waals surface area (Å²) in [6.45, 7) is 1.92. The van der Waals surface area contributed by atoms with E-state index in [0.29, 0.717) is 4.99 Å². The maximum absolute atomic E-state index is 12.3. The lowest BCUT2D eigenvalue weighted by molar-refractivity contribution is 0.522. The quantitative estimate of drug-likeness (QED) is 0.786. The van der Waals surface area contributed by atoms with E-state index in [1.165, 1.54) is 0 Å². The normalized spacial score (nSPS) is 23.9. The zero-order valence-corrected chi connectivity index (χ0v) is 13.8. The van der Waals surface area contributed by atoms with Crippen LogP contribution in [0.2, 0.25) is 0 Å². The SMILES string of the molecule is CC(CS(=O)(=O)NC1CCCC1C(N)=S)c1ccccc1. The van der Waals surface area contributed by atoms with Crippen LogP contribution in [-0.4, -0.2) is 25.2 Å². The molecule has 0 aromatic heterocycles. The van der Waals surface area contributed by atoms with Gasteiger partial charge in [-0.3, -0.25) is 0 Å². The van der Waals surface area contributed by atoms with Crippen LogP contribution in [0, 0.1) is 5.92 Å². The number of nitrogens with two attached hydrogens (primary N) is 1. The van der Waals surface area contributed by atoms with Gasteiger partial charge in [-0.1, -0.05) is 55.9 Å². The lowest BCUT2D eigenvalue weighted by atomic mass is 10.0. The van der Waals surface area contributed by atoms with Gasteiger partial charge in [0.15, 0.2) is 0 Å². The molecule has 0 radical (unpaired) electrons. The summed E-state index contributed by atoms with van der Waals surface area (Å²) < 4.78 is 27.5. The van der Waals surface area contributed by atoms with E-state index in [2.05, 4.69) is 4.72 Å². The highest BCUT2D eigenvalue weighted by Gasteiger charge is 2.32. The van der Waals surface area contributed by atoms with Crippen LogP contribution in [0.3, 0.4) is 0 Å². The van der Waals surface area contributed by atoms with Crippen LogP contribution in [0.15, 0.2) is 30.3 Å². The Morgan fingerprint density at radius 1 is 1.38 bits per heavy atom. The third kappa shape index (κ3) is 4.49. The van der Waals surface area contributed by atoms with E-state index in [0.717, 1.165) is 24.8 Å². The van der Waals surface area contributed by atoms with E-state index >= 15 is 0 Å². The molecule has 3 atom stereocenters. The second-order valence-electron chi connectivity index (χ2n) is 5.76.